The largest absolute Gasteiger partial charge is 0.476 e. The first-order chi connectivity index (χ1) is 15.0. The van der Waals surface area contributed by atoms with Crippen molar-refractivity contribution in [2.24, 2.45) is 0 Å². The molecule has 1 atom stereocenters. The van der Waals surface area contributed by atoms with E-state index in [2.05, 4.69) is 5.32 Å². The molecule has 0 aromatic heterocycles. The molecule has 0 unspecified atom stereocenters. The molecule has 0 radical (unpaired) electrons. The van der Waals surface area contributed by atoms with E-state index in [1.165, 1.54) is 23.6 Å². The molecule has 31 heavy (non-hydrogen) atoms. The van der Waals surface area contributed by atoms with Gasteiger partial charge in [-0.3, -0.25) is 9.10 Å². The average Bonchev–Trinajstić information content (AvgIpc) is 2.75. The number of hydrogen-bond acceptors (Lipinski definition) is 4. The number of carbonyl (C=O) groups excluding carboxylic acids is 1. The number of benzene rings is 2. The Morgan fingerprint density at radius 1 is 0.935 bits per heavy atom. The van der Waals surface area contributed by atoms with Gasteiger partial charge in [-0.25, -0.2) is 8.42 Å². The Morgan fingerprint density at radius 3 is 2.32 bits per heavy atom. The van der Waals surface area contributed by atoms with Crippen molar-refractivity contribution in [3.05, 3.63) is 60.2 Å². The minimum absolute atomic E-state index is 0.0231. The minimum Gasteiger partial charge on any atom is -0.476 e. The highest BCUT2D eigenvalue weighted by Gasteiger charge is 2.37. The number of nitrogens with one attached hydrogen (secondary N) is 1. The predicted molar refractivity (Wildman–Crippen MR) is 122 cm³/mol. The molecule has 1 N–H and O–H groups in total. The van der Waals surface area contributed by atoms with Crippen LogP contribution in [0.25, 0.3) is 0 Å². The first kappa shape index (κ1) is 21.7. The molecule has 1 aliphatic heterocycles. The summed E-state index contributed by atoms with van der Waals surface area (Å²) in [4.78, 5) is 13.0. The highest BCUT2D eigenvalue weighted by atomic mass is 32.2. The number of carbonyl (C=O) groups is 1. The monoisotopic (exact) mass is 442 g/mol. The Morgan fingerprint density at radius 2 is 1.58 bits per heavy atom. The number of hydrogen-bond donors (Lipinski definition) is 1. The standard InChI is InChI=1S/C24H30N2O4S/c27-24(25-20-13-7-2-1-3-8-14-20)23-17-26(21-15-9-10-16-22(21)30-23)31(28,29)18-19-11-5-4-6-12-19/h4-6,9-12,15-16,20,23H,1-3,7-8,13-14,17-18H2,(H,25,27)/t23-/m1/s1. The van der Waals surface area contributed by atoms with Crippen molar-refractivity contribution in [3.8, 4) is 5.75 Å². The molecule has 7 heteroatoms. The van der Waals surface area contributed by atoms with Gasteiger partial charge in [0.1, 0.15) is 5.75 Å². The van der Waals surface area contributed by atoms with E-state index in [0.717, 1.165) is 25.7 Å². The Hall–Kier alpha value is -2.54. The van der Waals surface area contributed by atoms with Gasteiger partial charge in [-0.15, -0.1) is 0 Å². The number of rotatable bonds is 5. The minimum atomic E-state index is -3.69. The van der Waals surface area contributed by atoms with Crippen LogP contribution in [0.1, 0.15) is 50.5 Å². The molecule has 1 aliphatic carbocycles. The van der Waals surface area contributed by atoms with Gasteiger partial charge in [0.15, 0.2) is 6.10 Å². The highest BCUT2D eigenvalue weighted by molar-refractivity contribution is 7.92. The van der Waals surface area contributed by atoms with Gasteiger partial charge in [0.2, 0.25) is 10.0 Å². The summed E-state index contributed by atoms with van der Waals surface area (Å²) in [6.07, 6.45) is 6.93. The molecular formula is C24H30N2O4S. The van der Waals surface area contributed by atoms with Crippen LogP contribution < -0.4 is 14.4 Å². The van der Waals surface area contributed by atoms with Gasteiger partial charge in [-0.05, 0) is 30.5 Å². The van der Waals surface area contributed by atoms with E-state index in [1.54, 1.807) is 36.4 Å². The van der Waals surface area contributed by atoms with Gasteiger partial charge in [-0.1, -0.05) is 74.6 Å². The summed E-state index contributed by atoms with van der Waals surface area (Å²) in [7, 11) is -3.69. The van der Waals surface area contributed by atoms with E-state index in [1.807, 2.05) is 18.2 Å². The van der Waals surface area contributed by atoms with E-state index in [9.17, 15) is 13.2 Å². The maximum atomic E-state index is 13.3. The molecule has 0 bridgehead atoms. The molecule has 2 aliphatic rings. The molecule has 6 nitrogen and oxygen atoms in total. The second-order valence-corrected chi connectivity index (χ2v) is 10.3. The summed E-state index contributed by atoms with van der Waals surface area (Å²) in [5, 5.41) is 3.12. The number of amides is 1. The Kier molecular flexibility index (Phi) is 6.80. The molecule has 2 aromatic carbocycles. The van der Waals surface area contributed by atoms with Gasteiger partial charge >= 0.3 is 0 Å². The van der Waals surface area contributed by atoms with Crippen molar-refractivity contribution in [2.45, 2.75) is 62.8 Å². The molecule has 1 amide bonds. The van der Waals surface area contributed by atoms with Crippen LogP contribution in [0.2, 0.25) is 0 Å². The summed E-state index contributed by atoms with van der Waals surface area (Å²) in [5.41, 5.74) is 1.19. The van der Waals surface area contributed by atoms with E-state index in [4.69, 9.17) is 4.74 Å². The van der Waals surface area contributed by atoms with Gasteiger partial charge in [0.25, 0.3) is 5.91 Å². The fourth-order valence-corrected chi connectivity index (χ4v) is 5.94. The van der Waals surface area contributed by atoms with E-state index in [0.29, 0.717) is 17.0 Å². The second-order valence-electron chi connectivity index (χ2n) is 8.40. The van der Waals surface area contributed by atoms with Crippen molar-refractivity contribution in [3.63, 3.8) is 0 Å². The number of sulfonamides is 1. The smallest absolute Gasteiger partial charge is 0.263 e. The first-order valence-electron chi connectivity index (χ1n) is 11.1. The molecule has 1 heterocycles. The summed E-state index contributed by atoms with van der Waals surface area (Å²) < 4.78 is 33.9. The molecule has 1 fully saturated rings. The Bertz CT molecular complexity index is 986. The maximum Gasteiger partial charge on any atom is 0.263 e. The SMILES string of the molecule is O=C(NC1CCCCCCC1)[C@H]1CN(S(=O)(=O)Cc2ccccc2)c2ccccc2O1. The quantitative estimate of drug-likeness (QED) is 0.759. The first-order valence-corrected chi connectivity index (χ1v) is 12.7. The highest BCUT2D eigenvalue weighted by Crippen LogP contribution is 2.36. The maximum absolute atomic E-state index is 13.3. The topological polar surface area (TPSA) is 75.7 Å². The number of nitrogens with zero attached hydrogens (tertiary/aromatic N) is 1. The third-order valence-electron chi connectivity index (χ3n) is 6.01. The van der Waals surface area contributed by atoms with Crippen LogP contribution in [-0.2, 0) is 20.6 Å². The number of para-hydroxylation sites is 2. The van der Waals surface area contributed by atoms with Crippen molar-refractivity contribution in [1.82, 2.24) is 5.32 Å². The van der Waals surface area contributed by atoms with E-state index >= 15 is 0 Å². The average molecular weight is 443 g/mol. The second kappa shape index (κ2) is 9.73. The molecule has 0 spiro atoms. The van der Waals surface area contributed by atoms with Crippen LogP contribution in [0.5, 0.6) is 5.75 Å². The lowest BCUT2D eigenvalue weighted by atomic mass is 9.96. The van der Waals surface area contributed by atoms with Crippen LogP contribution in [0.15, 0.2) is 54.6 Å². The molecular weight excluding hydrogens is 412 g/mol. The van der Waals surface area contributed by atoms with Crippen molar-refractivity contribution in [2.75, 3.05) is 10.8 Å². The van der Waals surface area contributed by atoms with Crippen LogP contribution in [0, 0.1) is 0 Å². The van der Waals surface area contributed by atoms with Crippen LogP contribution >= 0.6 is 0 Å². The fraction of sp³-hybridized carbons (Fsp3) is 0.458. The normalized spacial score (nSPS) is 20.1. The summed E-state index contributed by atoms with van der Waals surface area (Å²) in [6.45, 7) is -0.0231. The van der Waals surface area contributed by atoms with E-state index in [-0.39, 0.29) is 24.2 Å². The number of ether oxygens (including phenoxy) is 1. The molecule has 4 rings (SSSR count). The zero-order chi connectivity index (χ0) is 21.7. The van der Waals surface area contributed by atoms with Crippen molar-refractivity contribution >= 4 is 21.6 Å². The van der Waals surface area contributed by atoms with Gasteiger partial charge in [0.05, 0.1) is 18.0 Å². The van der Waals surface area contributed by atoms with Gasteiger partial charge < -0.3 is 10.1 Å². The summed E-state index contributed by atoms with van der Waals surface area (Å²) in [5.74, 6) is 0.0577. The zero-order valence-corrected chi connectivity index (χ0v) is 18.5. The van der Waals surface area contributed by atoms with Gasteiger partial charge in [0, 0.05) is 6.04 Å². The third-order valence-corrected chi connectivity index (χ3v) is 7.72. The lowest BCUT2D eigenvalue weighted by Crippen LogP contribution is -2.52. The fourth-order valence-electron chi connectivity index (χ4n) is 4.36. The van der Waals surface area contributed by atoms with Crippen LogP contribution in [0.3, 0.4) is 0 Å². The van der Waals surface area contributed by atoms with Crippen molar-refractivity contribution in [1.29, 1.82) is 0 Å². The summed E-state index contributed by atoms with van der Waals surface area (Å²) >= 11 is 0. The predicted octanol–water partition coefficient (Wildman–Crippen LogP) is 4.01. The van der Waals surface area contributed by atoms with Crippen LogP contribution in [0.4, 0.5) is 5.69 Å². The number of anilines is 1. The molecule has 2 aromatic rings. The van der Waals surface area contributed by atoms with Gasteiger partial charge in [-0.2, -0.15) is 0 Å². The Labute approximate surface area is 184 Å². The third kappa shape index (κ3) is 5.39. The lowest BCUT2D eigenvalue weighted by Gasteiger charge is -2.35. The zero-order valence-electron chi connectivity index (χ0n) is 17.7. The molecule has 0 saturated heterocycles. The lowest BCUT2D eigenvalue weighted by molar-refractivity contribution is -0.128. The molecule has 166 valence electrons. The molecule has 1 saturated carbocycles. The van der Waals surface area contributed by atoms with E-state index < -0.39 is 16.1 Å². The van der Waals surface area contributed by atoms with Crippen molar-refractivity contribution < 1.29 is 17.9 Å². The van der Waals surface area contributed by atoms with Crippen LogP contribution in [-0.4, -0.2) is 33.0 Å². The summed E-state index contributed by atoms with van der Waals surface area (Å²) in [6, 6.07) is 16.2. The number of fused-ring (bicyclic) bond motifs is 1. The Balaban J connectivity index is 1.53.